The van der Waals surface area contributed by atoms with Gasteiger partial charge in [-0.1, -0.05) is 30.3 Å². The van der Waals surface area contributed by atoms with Crippen LogP contribution in [-0.4, -0.2) is 34.8 Å². The van der Waals surface area contributed by atoms with Gasteiger partial charge in [0.15, 0.2) is 0 Å². The Hall–Kier alpha value is -2.09. The van der Waals surface area contributed by atoms with E-state index in [-0.39, 0.29) is 6.42 Å². The van der Waals surface area contributed by atoms with Crippen LogP contribution in [0.1, 0.15) is 12.0 Å². The zero-order chi connectivity index (χ0) is 16.5. The molecule has 1 fully saturated rings. The lowest BCUT2D eigenvalue weighted by molar-refractivity contribution is -0.264. The Balaban J connectivity index is 2.09. The molecular formula is C14H14F3NO4. The number of amides is 1. The molecule has 0 saturated heterocycles. The molecule has 0 aliphatic heterocycles. The van der Waals surface area contributed by atoms with Gasteiger partial charge in [0.2, 0.25) is 11.5 Å². The fraction of sp³-hybridized carbons (Fsp3) is 0.429. The van der Waals surface area contributed by atoms with E-state index in [9.17, 15) is 27.9 Å². The Kier molecular flexibility index (Phi) is 4.15. The van der Waals surface area contributed by atoms with Crippen LogP contribution >= 0.6 is 0 Å². The van der Waals surface area contributed by atoms with Gasteiger partial charge in [0, 0.05) is 0 Å². The SMILES string of the molecule is O=C(O)C1CC1C(=O)NCC(O)(c1ccccc1)C(F)(F)F. The number of carbonyl (C=O) groups excluding carboxylic acids is 1. The molecule has 8 heteroatoms. The van der Waals surface area contributed by atoms with Crippen LogP contribution in [-0.2, 0) is 15.2 Å². The predicted molar refractivity (Wildman–Crippen MR) is 68.6 cm³/mol. The highest BCUT2D eigenvalue weighted by Crippen LogP contribution is 2.40. The molecule has 2 rings (SSSR count). The number of alkyl halides is 3. The van der Waals surface area contributed by atoms with E-state index < -0.39 is 47.6 Å². The van der Waals surface area contributed by atoms with Crippen LogP contribution in [0.25, 0.3) is 0 Å². The quantitative estimate of drug-likeness (QED) is 0.763. The van der Waals surface area contributed by atoms with E-state index in [1.807, 2.05) is 5.32 Å². The van der Waals surface area contributed by atoms with Crippen LogP contribution in [0.4, 0.5) is 13.2 Å². The maximum Gasteiger partial charge on any atom is 0.423 e. The first-order valence-corrected chi connectivity index (χ1v) is 6.52. The summed E-state index contributed by atoms with van der Waals surface area (Å²) in [7, 11) is 0. The number of halogens is 3. The average molecular weight is 317 g/mol. The Labute approximate surface area is 123 Å². The molecule has 1 amide bonds. The fourth-order valence-corrected chi connectivity index (χ4v) is 2.18. The summed E-state index contributed by atoms with van der Waals surface area (Å²) >= 11 is 0. The third-order valence-corrected chi connectivity index (χ3v) is 3.68. The first-order chi connectivity index (χ1) is 10.2. The molecule has 0 bridgehead atoms. The third kappa shape index (κ3) is 3.06. The maximum absolute atomic E-state index is 13.2. The van der Waals surface area contributed by atoms with E-state index in [4.69, 9.17) is 5.11 Å². The monoisotopic (exact) mass is 317 g/mol. The molecule has 3 unspecified atom stereocenters. The number of aliphatic hydroxyl groups is 1. The lowest BCUT2D eigenvalue weighted by Gasteiger charge is -2.31. The van der Waals surface area contributed by atoms with Gasteiger partial charge in [-0.2, -0.15) is 13.2 Å². The summed E-state index contributed by atoms with van der Waals surface area (Å²) in [4.78, 5) is 22.3. The van der Waals surface area contributed by atoms with Crippen LogP contribution in [0.2, 0.25) is 0 Å². The standard InChI is InChI=1S/C14H14F3NO4/c15-14(16,17)13(22,8-4-2-1-3-5-8)7-18-11(19)9-6-10(9)12(20)21/h1-5,9-10,22H,6-7H2,(H,18,19)(H,20,21). The smallest absolute Gasteiger partial charge is 0.423 e. The molecule has 1 aliphatic rings. The highest BCUT2D eigenvalue weighted by Gasteiger charge is 2.56. The minimum Gasteiger partial charge on any atom is -0.481 e. The van der Waals surface area contributed by atoms with E-state index in [1.165, 1.54) is 18.2 Å². The number of rotatable bonds is 5. The van der Waals surface area contributed by atoms with Crippen molar-refractivity contribution < 1.29 is 33.0 Å². The molecule has 0 aromatic heterocycles. The molecule has 1 saturated carbocycles. The molecule has 22 heavy (non-hydrogen) atoms. The summed E-state index contributed by atoms with van der Waals surface area (Å²) in [5.41, 5.74) is -3.62. The molecule has 120 valence electrons. The Morgan fingerprint density at radius 2 is 1.77 bits per heavy atom. The molecule has 3 N–H and O–H groups in total. The maximum atomic E-state index is 13.2. The van der Waals surface area contributed by atoms with Crippen molar-refractivity contribution in [1.29, 1.82) is 0 Å². The highest BCUT2D eigenvalue weighted by atomic mass is 19.4. The highest BCUT2D eigenvalue weighted by molar-refractivity contribution is 5.89. The van der Waals surface area contributed by atoms with Gasteiger partial charge < -0.3 is 15.5 Å². The molecule has 3 atom stereocenters. The van der Waals surface area contributed by atoms with Crippen molar-refractivity contribution in [3.05, 3.63) is 35.9 Å². The van der Waals surface area contributed by atoms with Crippen molar-refractivity contribution in [2.24, 2.45) is 11.8 Å². The largest absolute Gasteiger partial charge is 0.481 e. The van der Waals surface area contributed by atoms with Crippen molar-refractivity contribution in [1.82, 2.24) is 5.32 Å². The molecule has 1 aromatic rings. The van der Waals surface area contributed by atoms with Gasteiger partial charge >= 0.3 is 12.1 Å². The molecule has 0 heterocycles. The Bertz CT molecular complexity index is 575. The summed E-state index contributed by atoms with van der Waals surface area (Å²) in [6, 6.07) is 6.40. The van der Waals surface area contributed by atoms with Crippen LogP contribution in [0.15, 0.2) is 30.3 Å². The summed E-state index contributed by atoms with van der Waals surface area (Å²) in [6.07, 6.45) is -4.89. The minimum absolute atomic E-state index is 0.0942. The van der Waals surface area contributed by atoms with Crippen molar-refractivity contribution >= 4 is 11.9 Å². The number of benzene rings is 1. The fourth-order valence-electron chi connectivity index (χ4n) is 2.18. The average Bonchev–Trinajstić information content (AvgIpc) is 3.24. The van der Waals surface area contributed by atoms with E-state index in [0.717, 1.165) is 12.1 Å². The Morgan fingerprint density at radius 3 is 2.23 bits per heavy atom. The summed E-state index contributed by atoms with van der Waals surface area (Å²) < 4.78 is 39.5. The van der Waals surface area contributed by atoms with Crippen molar-refractivity contribution in [3.63, 3.8) is 0 Å². The van der Waals surface area contributed by atoms with Crippen LogP contribution in [0.3, 0.4) is 0 Å². The van der Waals surface area contributed by atoms with Gasteiger partial charge in [-0.3, -0.25) is 9.59 Å². The number of carbonyl (C=O) groups is 2. The number of carboxylic acid groups (broad SMARTS) is 1. The van der Waals surface area contributed by atoms with Gasteiger partial charge in [0.25, 0.3) is 0 Å². The molecule has 0 radical (unpaired) electrons. The lowest BCUT2D eigenvalue weighted by atomic mass is 9.93. The van der Waals surface area contributed by atoms with E-state index >= 15 is 0 Å². The second kappa shape index (κ2) is 5.60. The lowest BCUT2D eigenvalue weighted by Crippen LogP contribution is -2.51. The van der Waals surface area contributed by atoms with Crippen LogP contribution < -0.4 is 5.32 Å². The summed E-state index contributed by atoms with van der Waals surface area (Å²) in [5.74, 6) is -3.67. The van der Waals surface area contributed by atoms with Gasteiger partial charge in [-0.15, -0.1) is 0 Å². The number of hydrogen-bond acceptors (Lipinski definition) is 3. The zero-order valence-electron chi connectivity index (χ0n) is 11.3. The molecule has 5 nitrogen and oxygen atoms in total. The van der Waals surface area contributed by atoms with Crippen LogP contribution in [0.5, 0.6) is 0 Å². The first kappa shape index (κ1) is 16.3. The van der Waals surface area contributed by atoms with Crippen molar-refractivity contribution in [3.8, 4) is 0 Å². The number of aliphatic carboxylic acids is 1. The third-order valence-electron chi connectivity index (χ3n) is 3.68. The van der Waals surface area contributed by atoms with Crippen LogP contribution in [0, 0.1) is 11.8 Å². The Morgan fingerprint density at radius 1 is 1.18 bits per heavy atom. The second-order valence-electron chi connectivity index (χ2n) is 5.23. The first-order valence-electron chi connectivity index (χ1n) is 6.52. The van der Waals surface area contributed by atoms with Gasteiger partial charge in [-0.25, -0.2) is 0 Å². The molecule has 1 aliphatic carbocycles. The molecule has 1 aromatic carbocycles. The zero-order valence-corrected chi connectivity index (χ0v) is 11.3. The number of nitrogens with one attached hydrogen (secondary N) is 1. The van der Waals surface area contributed by atoms with E-state index in [2.05, 4.69) is 0 Å². The summed E-state index contributed by atoms with van der Waals surface area (Å²) in [6.45, 7) is -1.07. The number of hydrogen-bond donors (Lipinski definition) is 3. The molecule has 0 spiro atoms. The predicted octanol–water partition coefficient (Wildman–Crippen LogP) is 1.27. The normalized spacial score (nSPS) is 23.5. The number of carboxylic acids is 1. The second-order valence-corrected chi connectivity index (χ2v) is 5.23. The summed E-state index contributed by atoms with van der Waals surface area (Å²) in [5, 5.41) is 20.7. The molecular weight excluding hydrogens is 303 g/mol. The minimum atomic E-state index is -4.99. The van der Waals surface area contributed by atoms with E-state index in [0.29, 0.717) is 0 Å². The van der Waals surface area contributed by atoms with E-state index in [1.54, 1.807) is 0 Å². The topological polar surface area (TPSA) is 86.6 Å². The van der Waals surface area contributed by atoms with Gasteiger partial charge in [0.05, 0.1) is 18.4 Å². The van der Waals surface area contributed by atoms with Crippen molar-refractivity contribution in [2.75, 3.05) is 6.54 Å². The van der Waals surface area contributed by atoms with Gasteiger partial charge in [-0.05, 0) is 12.0 Å². The van der Waals surface area contributed by atoms with Gasteiger partial charge in [0.1, 0.15) is 0 Å². The van der Waals surface area contributed by atoms with Crippen molar-refractivity contribution in [2.45, 2.75) is 18.2 Å².